The number of aromatic nitrogens is 1. The van der Waals surface area contributed by atoms with E-state index in [1.54, 1.807) is 6.20 Å². The molecule has 0 spiro atoms. The van der Waals surface area contributed by atoms with Crippen molar-refractivity contribution < 1.29 is 4.74 Å². The number of hydrogen-bond acceptors (Lipinski definition) is 3. The topological polar surface area (TPSA) is 46.2 Å². The largest absolute Gasteiger partial charge is 0.492 e. The number of thiocarbonyl (C=S) groups is 1. The average Bonchev–Trinajstić information content (AvgIpc) is 2.47. The Balaban J connectivity index is 1.66. The van der Waals surface area contributed by atoms with Crippen LogP contribution in [0.5, 0.6) is 5.75 Å². The molecule has 0 saturated carbocycles. The van der Waals surface area contributed by atoms with Crippen molar-refractivity contribution in [3.05, 3.63) is 54.2 Å². The summed E-state index contributed by atoms with van der Waals surface area (Å²) in [7, 11) is 0. The predicted molar refractivity (Wildman–Crippen MR) is 85.1 cm³/mol. The number of aryl methyl sites for hydroxylation is 1. The molecule has 4 nitrogen and oxygen atoms in total. The van der Waals surface area contributed by atoms with Crippen molar-refractivity contribution in [1.29, 1.82) is 0 Å². The summed E-state index contributed by atoms with van der Waals surface area (Å²) in [4.78, 5) is 4.22. The molecule has 0 unspecified atom stereocenters. The monoisotopic (exact) mass is 287 g/mol. The van der Waals surface area contributed by atoms with Gasteiger partial charge in [-0.2, -0.15) is 0 Å². The van der Waals surface area contributed by atoms with Crippen LogP contribution in [0.2, 0.25) is 0 Å². The summed E-state index contributed by atoms with van der Waals surface area (Å²) in [6.45, 7) is 3.17. The summed E-state index contributed by atoms with van der Waals surface area (Å²) in [6, 6.07) is 13.6. The first-order chi connectivity index (χ1) is 9.74. The summed E-state index contributed by atoms with van der Waals surface area (Å²) >= 11 is 5.18. The van der Waals surface area contributed by atoms with E-state index in [1.807, 2.05) is 49.4 Å². The molecule has 0 aliphatic rings. The second-order valence-electron chi connectivity index (χ2n) is 4.26. The number of para-hydroxylation sites is 1. The number of anilines is 1. The zero-order valence-corrected chi connectivity index (χ0v) is 12.1. The number of nitrogens with zero attached hydrogens (tertiary/aromatic N) is 1. The highest BCUT2D eigenvalue weighted by Gasteiger charge is 1.98. The van der Waals surface area contributed by atoms with Gasteiger partial charge in [-0.3, -0.25) is 0 Å². The van der Waals surface area contributed by atoms with Crippen LogP contribution in [0, 0.1) is 6.92 Å². The minimum Gasteiger partial charge on any atom is -0.492 e. The molecule has 20 heavy (non-hydrogen) atoms. The third kappa shape index (κ3) is 4.85. The maximum atomic E-state index is 5.56. The fraction of sp³-hybridized carbons (Fsp3) is 0.200. The molecule has 0 atom stereocenters. The first-order valence-corrected chi connectivity index (χ1v) is 6.80. The Morgan fingerprint density at radius 1 is 1.20 bits per heavy atom. The Morgan fingerprint density at radius 2 is 2.00 bits per heavy atom. The molecule has 1 heterocycles. The molecule has 5 heteroatoms. The lowest BCUT2D eigenvalue weighted by molar-refractivity contribution is 0.323. The summed E-state index contributed by atoms with van der Waals surface area (Å²) in [6.07, 6.45) is 1.80. The highest BCUT2D eigenvalue weighted by molar-refractivity contribution is 7.80. The zero-order valence-electron chi connectivity index (χ0n) is 11.3. The molecule has 2 rings (SSSR count). The van der Waals surface area contributed by atoms with Crippen LogP contribution in [0.4, 0.5) is 5.82 Å². The first-order valence-electron chi connectivity index (χ1n) is 6.39. The van der Waals surface area contributed by atoms with Gasteiger partial charge in [0.25, 0.3) is 0 Å². The minimum absolute atomic E-state index is 0.540. The molecule has 0 amide bonds. The summed E-state index contributed by atoms with van der Waals surface area (Å²) in [5.41, 5.74) is 1.12. The van der Waals surface area contributed by atoms with Gasteiger partial charge in [-0.05, 0) is 42.9 Å². The van der Waals surface area contributed by atoms with Gasteiger partial charge in [0.15, 0.2) is 5.11 Å². The number of hydrogen-bond donors (Lipinski definition) is 2. The quantitative estimate of drug-likeness (QED) is 0.654. The molecule has 1 aromatic carbocycles. The third-order valence-corrected chi connectivity index (χ3v) is 2.80. The second-order valence-corrected chi connectivity index (χ2v) is 4.67. The average molecular weight is 287 g/mol. The van der Waals surface area contributed by atoms with E-state index in [0.29, 0.717) is 18.3 Å². The first kappa shape index (κ1) is 14.3. The molecule has 0 radical (unpaired) electrons. The third-order valence-electron chi connectivity index (χ3n) is 2.55. The van der Waals surface area contributed by atoms with Crippen LogP contribution in [0.15, 0.2) is 48.7 Å². The molecule has 2 N–H and O–H groups in total. The van der Waals surface area contributed by atoms with E-state index in [4.69, 9.17) is 17.0 Å². The van der Waals surface area contributed by atoms with Gasteiger partial charge in [0.1, 0.15) is 18.2 Å². The van der Waals surface area contributed by atoms with Gasteiger partial charge in [-0.15, -0.1) is 0 Å². The van der Waals surface area contributed by atoms with E-state index in [-0.39, 0.29) is 0 Å². The lowest BCUT2D eigenvalue weighted by atomic mass is 10.3. The normalized spacial score (nSPS) is 9.85. The summed E-state index contributed by atoms with van der Waals surface area (Å²) in [5.74, 6) is 1.59. The van der Waals surface area contributed by atoms with Gasteiger partial charge in [-0.25, -0.2) is 4.98 Å². The van der Waals surface area contributed by atoms with Crippen molar-refractivity contribution in [2.45, 2.75) is 6.92 Å². The van der Waals surface area contributed by atoms with Crippen LogP contribution in [0.3, 0.4) is 0 Å². The van der Waals surface area contributed by atoms with Crippen molar-refractivity contribution in [2.75, 3.05) is 18.5 Å². The Kier molecular flexibility index (Phi) is 5.32. The number of rotatable bonds is 5. The lowest BCUT2D eigenvalue weighted by Gasteiger charge is -2.10. The standard InChI is InChI=1S/C15H17N3OS/c1-12-7-8-14(17-11-12)18-15(20)16-9-10-19-13-5-3-2-4-6-13/h2-8,11H,9-10H2,1H3,(H2,16,17,18,20). The van der Waals surface area contributed by atoms with Crippen molar-refractivity contribution >= 4 is 23.1 Å². The van der Waals surface area contributed by atoms with Crippen molar-refractivity contribution in [3.8, 4) is 5.75 Å². The number of ether oxygens (including phenoxy) is 1. The molecular formula is C15H17N3OS. The van der Waals surface area contributed by atoms with E-state index >= 15 is 0 Å². The summed E-state index contributed by atoms with van der Waals surface area (Å²) in [5, 5.41) is 6.63. The molecule has 0 bridgehead atoms. The highest BCUT2D eigenvalue weighted by atomic mass is 32.1. The smallest absolute Gasteiger partial charge is 0.172 e. The number of pyridine rings is 1. The lowest BCUT2D eigenvalue weighted by Crippen LogP contribution is -2.32. The van der Waals surface area contributed by atoms with Crippen LogP contribution < -0.4 is 15.4 Å². The maximum absolute atomic E-state index is 5.56. The van der Waals surface area contributed by atoms with Crippen molar-refractivity contribution in [1.82, 2.24) is 10.3 Å². The summed E-state index contributed by atoms with van der Waals surface area (Å²) < 4.78 is 5.56. The molecule has 2 aromatic rings. The maximum Gasteiger partial charge on any atom is 0.172 e. The van der Waals surface area contributed by atoms with E-state index in [2.05, 4.69) is 15.6 Å². The minimum atomic E-state index is 0.540. The molecule has 0 aliphatic carbocycles. The van der Waals surface area contributed by atoms with E-state index in [9.17, 15) is 0 Å². The van der Waals surface area contributed by atoms with Gasteiger partial charge in [0.05, 0.1) is 6.54 Å². The van der Waals surface area contributed by atoms with Gasteiger partial charge in [0.2, 0.25) is 0 Å². The van der Waals surface area contributed by atoms with Gasteiger partial charge < -0.3 is 15.4 Å². The van der Waals surface area contributed by atoms with Crippen LogP contribution in [0.1, 0.15) is 5.56 Å². The fourth-order valence-electron chi connectivity index (χ4n) is 1.55. The predicted octanol–water partition coefficient (Wildman–Crippen LogP) is 2.76. The fourth-order valence-corrected chi connectivity index (χ4v) is 1.76. The van der Waals surface area contributed by atoms with Crippen molar-refractivity contribution in [2.24, 2.45) is 0 Å². The second kappa shape index (κ2) is 7.45. The molecule has 0 saturated heterocycles. The Hall–Kier alpha value is -2.14. The van der Waals surface area contributed by atoms with Crippen LogP contribution >= 0.6 is 12.2 Å². The van der Waals surface area contributed by atoms with Gasteiger partial charge in [-0.1, -0.05) is 24.3 Å². The molecule has 104 valence electrons. The zero-order chi connectivity index (χ0) is 14.2. The van der Waals surface area contributed by atoms with Crippen LogP contribution in [-0.2, 0) is 0 Å². The highest BCUT2D eigenvalue weighted by Crippen LogP contribution is 2.07. The number of nitrogens with one attached hydrogen (secondary N) is 2. The van der Waals surface area contributed by atoms with E-state index in [1.165, 1.54) is 0 Å². The van der Waals surface area contributed by atoms with Gasteiger partial charge >= 0.3 is 0 Å². The molecule has 0 fully saturated rings. The Morgan fingerprint density at radius 3 is 2.70 bits per heavy atom. The van der Waals surface area contributed by atoms with Crippen molar-refractivity contribution in [3.63, 3.8) is 0 Å². The molecule has 1 aromatic heterocycles. The Bertz CT molecular complexity index is 543. The van der Waals surface area contributed by atoms with Gasteiger partial charge in [0, 0.05) is 6.20 Å². The molecular weight excluding hydrogens is 270 g/mol. The van der Waals surface area contributed by atoms with E-state index < -0.39 is 0 Å². The van der Waals surface area contributed by atoms with E-state index in [0.717, 1.165) is 17.1 Å². The Labute approximate surface area is 124 Å². The molecule has 0 aliphatic heterocycles. The van der Waals surface area contributed by atoms with Crippen LogP contribution in [-0.4, -0.2) is 23.2 Å². The SMILES string of the molecule is Cc1ccc(NC(=S)NCCOc2ccccc2)nc1. The van der Waals surface area contributed by atoms with Crippen LogP contribution in [0.25, 0.3) is 0 Å². The number of benzene rings is 1.